The summed E-state index contributed by atoms with van der Waals surface area (Å²) in [5.74, 6) is -7.96. The molecule has 1 aliphatic heterocycles. The van der Waals surface area contributed by atoms with Gasteiger partial charge in [0.25, 0.3) is 0 Å². The number of rotatable bonds is 5. The van der Waals surface area contributed by atoms with Crippen molar-refractivity contribution < 1.29 is 40.6 Å². The van der Waals surface area contributed by atoms with E-state index in [0.717, 1.165) is 18.6 Å². The first-order valence-corrected chi connectivity index (χ1v) is 9.62. The van der Waals surface area contributed by atoms with Crippen LogP contribution in [-0.2, 0) is 16.1 Å². The lowest BCUT2D eigenvalue weighted by Crippen LogP contribution is -2.17. The molecule has 168 valence electrons. The molecule has 3 nitrogen and oxygen atoms in total. The molecule has 1 aliphatic rings. The summed E-state index contributed by atoms with van der Waals surface area (Å²) in [5.41, 5.74) is -0.203. The molecule has 32 heavy (non-hydrogen) atoms. The van der Waals surface area contributed by atoms with Gasteiger partial charge < -0.3 is 14.2 Å². The third kappa shape index (κ3) is 4.58. The smallest absolute Gasteiger partial charge is 0.194 e. The molecule has 1 fully saturated rings. The van der Waals surface area contributed by atoms with E-state index in [1.165, 1.54) is 12.1 Å². The molecule has 1 heterocycles. The molecule has 0 N–H and O–H groups in total. The lowest BCUT2D eigenvalue weighted by molar-refractivity contribution is -0.183. The van der Waals surface area contributed by atoms with Crippen molar-refractivity contribution in [3.05, 3.63) is 88.5 Å². The van der Waals surface area contributed by atoms with Gasteiger partial charge in [0.05, 0.1) is 18.8 Å². The normalized spacial score (nSPS) is 14.6. The average molecular weight is 454 g/mol. The molecule has 0 amide bonds. The highest BCUT2D eigenvalue weighted by atomic mass is 19.2. The lowest BCUT2D eigenvalue weighted by atomic mass is 10.0. The maximum absolute atomic E-state index is 14.7. The molecule has 9 heteroatoms. The molecule has 0 aliphatic carbocycles. The summed E-state index contributed by atoms with van der Waals surface area (Å²) in [6.07, 6.45) is 0.0259. The van der Waals surface area contributed by atoms with E-state index in [1.54, 1.807) is 6.07 Å². The lowest BCUT2D eigenvalue weighted by Gasteiger charge is -2.23. The monoisotopic (exact) mass is 454 g/mol. The van der Waals surface area contributed by atoms with Gasteiger partial charge >= 0.3 is 0 Å². The summed E-state index contributed by atoms with van der Waals surface area (Å²) in [4.78, 5) is 0. The Hall–Kier alpha value is -3.04. The van der Waals surface area contributed by atoms with Crippen LogP contribution in [0.3, 0.4) is 0 Å². The topological polar surface area (TPSA) is 27.7 Å². The van der Waals surface area contributed by atoms with Crippen LogP contribution in [0.5, 0.6) is 5.75 Å². The van der Waals surface area contributed by atoms with Gasteiger partial charge in [-0.1, -0.05) is 12.1 Å². The highest BCUT2D eigenvalue weighted by molar-refractivity contribution is 5.65. The van der Waals surface area contributed by atoms with E-state index in [2.05, 4.69) is 0 Å². The van der Waals surface area contributed by atoms with Crippen molar-refractivity contribution in [2.75, 3.05) is 13.2 Å². The molecule has 0 radical (unpaired) electrons. The summed E-state index contributed by atoms with van der Waals surface area (Å²) in [7, 11) is 0. The Kier molecular flexibility index (Phi) is 6.38. The fourth-order valence-corrected chi connectivity index (χ4v) is 3.26. The van der Waals surface area contributed by atoms with Gasteiger partial charge in [-0.2, -0.15) is 0 Å². The fraction of sp³-hybridized carbons (Fsp3) is 0.217. The molecular weight excluding hydrogens is 438 g/mol. The molecule has 0 aromatic heterocycles. The van der Waals surface area contributed by atoms with E-state index in [1.807, 2.05) is 0 Å². The quantitative estimate of drug-likeness (QED) is 0.339. The molecule has 1 saturated heterocycles. The maximum atomic E-state index is 14.7. The number of benzene rings is 3. The van der Waals surface area contributed by atoms with Crippen molar-refractivity contribution in [2.45, 2.75) is 19.3 Å². The Labute approximate surface area is 179 Å². The Morgan fingerprint density at radius 3 is 1.97 bits per heavy atom. The maximum Gasteiger partial charge on any atom is 0.194 e. The second-order valence-electron chi connectivity index (χ2n) is 7.07. The van der Waals surface area contributed by atoms with Crippen LogP contribution in [0.25, 0.3) is 11.1 Å². The van der Waals surface area contributed by atoms with E-state index in [9.17, 15) is 26.3 Å². The minimum atomic E-state index is -1.69. The van der Waals surface area contributed by atoms with Crippen molar-refractivity contribution in [1.82, 2.24) is 0 Å². The van der Waals surface area contributed by atoms with E-state index in [0.29, 0.717) is 30.9 Å². The average Bonchev–Trinajstić information content (AvgIpc) is 2.77. The van der Waals surface area contributed by atoms with Gasteiger partial charge in [-0.05, 0) is 30.2 Å². The number of hydrogen-bond acceptors (Lipinski definition) is 3. The van der Waals surface area contributed by atoms with Gasteiger partial charge in [0.2, 0.25) is 0 Å². The standard InChI is InChI=1S/C23H16F6O3/c24-17-6-12(23-30-4-1-5-31-23)2-3-15(17)13-7-18(25)16(19(26)8-13)11-32-14-9-20(27)22(29)21(28)10-14/h2-3,6-10,23H,1,4-5,11H2. The van der Waals surface area contributed by atoms with Crippen LogP contribution in [0.4, 0.5) is 26.3 Å². The van der Waals surface area contributed by atoms with Crippen molar-refractivity contribution in [3.8, 4) is 16.9 Å². The minimum absolute atomic E-state index is 0.0440. The number of hydrogen-bond donors (Lipinski definition) is 0. The first kappa shape index (κ1) is 22.2. The van der Waals surface area contributed by atoms with Crippen molar-refractivity contribution in [2.24, 2.45) is 0 Å². The van der Waals surface area contributed by atoms with Crippen LogP contribution in [0.1, 0.15) is 23.8 Å². The highest BCUT2D eigenvalue weighted by Crippen LogP contribution is 2.31. The second-order valence-corrected chi connectivity index (χ2v) is 7.07. The van der Waals surface area contributed by atoms with Gasteiger partial charge in [0, 0.05) is 23.3 Å². The first-order valence-electron chi connectivity index (χ1n) is 9.62. The predicted molar refractivity (Wildman–Crippen MR) is 102 cm³/mol. The molecular formula is C23H16F6O3. The Morgan fingerprint density at radius 2 is 1.38 bits per heavy atom. The number of ether oxygens (including phenoxy) is 3. The Bertz CT molecular complexity index is 1100. The van der Waals surface area contributed by atoms with Crippen LogP contribution >= 0.6 is 0 Å². The van der Waals surface area contributed by atoms with Crippen LogP contribution in [0, 0.1) is 34.9 Å². The second kappa shape index (κ2) is 9.22. The molecule has 3 aromatic carbocycles. The third-order valence-electron chi connectivity index (χ3n) is 4.88. The molecule has 0 atom stereocenters. The summed E-state index contributed by atoms with van der Waals surface area (Å²) >= 11 is 0. The SMILES string of the molecule is Fc1cc(C2OCCCO2)ccc1-c1cc(F)c(COc2cc(F)c(F)c(F)c2)c(F)c1. The minimum Gasteiger partial charge on any atom is -0.488 e. The van der Waals surface area contributed by atoms with E-state index in [-0.39, 0.29) is 11.1 Å². The van der Waals surface area contributed by atoms with Crippen LogP contribution < -0.4 is 4.74 Å². The summed E-state index contributed by atoms with van der Waals surface area (Å²) in [6, 6.07) is 7.02. The number of halogens is 6. The van der Waals surface area contributed by atoms with E-state index >= 15 is 0 Å². The zero-order valence-electron chi connectivity index (χ0n) is 16.4. The van der Waals surface area contributed by atoms with Crippen LogP contribution in [-0.4, -0.2) is 13.2 Å². The van der Waals surface area contributed by atoms with E-state index < -0.39 is 59.1 Å². The summed E-state index contributed by atoms with van der Waals surface area (Å²) in [5, 5.41) is 0. The summed E-state index contributed by atoms with van der Waals surface area (Å²) in [6.45, 7) is 0.233. The molecule has 0 saturated carbocycles. The van der Waals surface area contributed by atoms with Crippen LogP contribution in [0.2, 0.25) is 0 Å². The Balaban J connectivity index is 1.55. The highest BCUT2D eigenvalue weighted by Gasteiger charge is 2.20. The molecule has 3 aromatic rings. The van der Waals surface area contributed by atoms with Gasteiger partial charge in [0.15, 0.2) is 23.7 Å². The summed E-state index contributed by atoms with van der Waals surface area (Å²) < 4.78 is 99.0. The van der Waals surface area contributed by atoms with Gasteiger partial charge in [0.1, 0.15) is 29.8 Å². The fourth-order valence-electron chi connectivity index (χ4n) is 3.26. The zero-order chi connectivity index (χ0) is 22.8. The van der Waals surface area contributed by atoms with Crippen molar-refractivity contribution >= 4 is 0 Å². The van der Waals surface area contributed by atoms with Gasteiger partial charge in [-0.15, -0.1) is 0 Å². The predicted octanol–water partition coefficient (Wildman–Crippen LogP) is 6.20. The third-order valence-corrected chi connectivity index (χ3v) is 4.88. The Morgan fingerprint density at radius 1 is 0.750 bits per heavy atom. The van der Waals surface area contributed by atoms with Gasteiger partial charge in [-0.3, -0.25) is 0 Å². The van der Waals surface area contributed by atoms with Crippen LogP contribution in [0.15, 0.2) is 42.5 Å². The largest absolute Gasteiger partial charge is 0.488 e. The van der Waals surface area contributed by atoms with Gasteiger partial charge in [-0.25, -0.2) is 26.3 Å². The molecule has 0 spiro atoms. The van der Waals surface area contributed by atoms with Crippen molar-refractivity contribution in [1.29, 1.82) is 0 Å². The molecule has 4 rings (SSSR count). The van der Waals surface area contributed by atoms with Crippen molar-refractivity contribution in [3.63, 3.8) is 0 Å². The van der Waals surface area contributed by atoms with E-state index in [4.69, 9.17) is 14.2 Å². The molecule has 0 bridgehead atoms. The first-order chi connectivity index (χ1) is 15.3. The molecule has 0 unspecified atom stereocenters. The zero-order valence-corrected chi connectivity index (χ0v) is 16.4.